The third-order valence-corrected chi connectivity index (χ3v) is 3.18. The maximum Gasteiger partial charge on any atom is 0.0836 e. The zero-order valence-electron chi connectivity index (χ0n) is 8.12. The Bertz CT molecular complexity index is 514. The third kappa shape index (κ3) is 0.878. The second kappa shape index (κ2) is 2.58. The molecule has 2 aromatic rings. The van der Waals surface area contributed by atoms with Gasteiger partial charge in [-0.3, -0.25) is 0 Å². The quantitative estimate of drug-likeness (QED) is 0.667. The molecule has 1 N–H and O–H groups in total. The van der Waals surface area contributed by atoms with Crippen LogP contribution in [0.25, 0.3) is 10.8 Å². The molecule has 0 aliphatic heterocycles. The fourth-order valence-electron chi connectivity index (χ4n) is 2.43. The second-order valence-electron chi connectivity index (χ2n) is 4.03. The number of aliphatic hydroxyl groups is 1. The van der Waals surface area contributed by atoms with Gasteiger partial charge in [0.05, 0.1) is 6.10 Å². The number of hydrogen-bond donors (Lipinski definition) is 1. The molecule has 0 saturated carbocycles. The van der Waals surface area contributed by atoms with Gasteiger partial charge >= 0.3 is 0 Å². The number of aryl methyl sites for hydroxylation is 1. The van der Waals surface area contributed by atoms with E-state index >= 15 is 0 Å². The van der Waals surface area contributed by atoms with Crippen LogP contribution in [0.5, 0.6) is 0 Å². The van der Waals surface area contributed by atoms with Crippen molar-refractivity contribution in [1.29, 1.82) is 0 Å². The van der Waals surface area contributed by atoms with E-state index in [1.807, 2.05) is 12.1 Å². The van der Waals surface area contributed by atoms with Crippen molar-refractivity contribution in [1.82, 2.24) is 0 Å². The van der Waals surface area contributed by atoms with Crippen LogP contribution < -0.4 is 0 Å². The lowest BCUT2D eigenvalue weighted by Crippen LogP contribution is -1.92. The minimum Gasteiger partial charge on any atom is -0.388 e. The summed E-state index contributed by atoms with van der Waals surface area (Å²) >= 11 is 0. The van der Waals surface area contributed by atoms with Gasteiger partial charge in [-0.1, -0.05) is 30.3 Å². The molecule has 0 spiro atoms. The summed E-state index contributed by atoms with van der Waals surface area (Å²) in [6.45, 7) is 2.11. The average molecular weight is 184 g/mol. The first-order valence-electron chi connectivity index (χ1n) is 4.96. The van der Waals surface area contributed by atoms with Crippen molar-refractivity contribution in [3.8, 4) is 0 Å². The van der Waals surface area contributed by atoms with E-state index in [0.717, 1.165) is 12.0 Å². The SMILES string of the molecule is Cc1ccc2cccc3c2c1CC3O. The molecule has 2 aromatic carbocycles. The van der Waals surface area contributed by atoms with Crippen LogP contribution in [-0.2, 0) is 6.42 Å². The van der Waals surface area contributed by atoms with Gasteiger partial charge in [0.2, 0.25) is 0 Å². The highest BCUT2D eigenvalue weighted by Crippen LogP contribution is 2.38. The molecule has 1 aliphatic rings. The van der Waals surface area contributed by atoms with Crippen LogP contribution in [0.3, 0.4) is 0 Å². The molecule has 1 aliphatic carbocycles. The molecule has 1 atom stereocenters. The molecule has 1 nitrogen and oxygen atoms in total. The van der Waals surface area contributed by atoms with Crippen LogP contribution in [-0.4, -0.2) is 5.11 Å². The molecule has 0 fully saturated rings. The van der Waals surface area contributed by atoms with E-state index in [4.69, 9.17) is 0 Å². The maximum atomic E-state index is 9.89. The van der Waals surface area contributed by atoms with Crippen LogP contribution >= 0.6 is 0 Å². The van der Waals surface area contributed by atoms with Crippen LogP contribution in [0.1, 0.15) is 22.8 Å². The summed E-state index contributed by atoms with van der Waals surface area (Å²) in [6.07, 6.45) is 0.484. The Morgan fingerprint density at radius 1 is 1.21 bits per heavy atom. The van der Waals surface area contributed by atoms with Gasteiger partial charge in [0.25, 0.3) is 0 Å². The van der Waals surface area contributed by atoms with Crippen molar-refractivity contribution < 1.29 is 5.11 Å². The average Bonchev–Trinajstić information content (AvgIpc) is 2.53. The van der Waals surface area contributed by atoms with E-state index in [2.05, 4.69) is 25.1 Å². The zero-order valence-corrected chi connectivity index (χ0v) is 8.12. The molecule has 0 amide bonds. The van der Waals surface area contributed by atoms with Gasteiger partial charge in [-0.15, -0.1) is 0 Å². The van der Waals surface area contributed by atoms with E-state index in [1.165, 1.54) is 21.9 Å². The van der Waals surface area contributed by atoms with Gasteiger partial charge in [0.15, 0.2) is 0 Å². The summed E-state index contributed by atoms with van der Waals surface area (Å²) in [5.41, 5.74) is 3.72. The van der Waals surface area contributed by atoms with Gasteiger partial charge in [0, 0.05) is 6.42 Å². The second-order valence-corrected chi connectivity index (χ2v) is 4.03. The molecule has 70 valence electrons. The van der Waals surface area contributed by atoms with Gasteiger partial charge < -0.3 is 5.11 Å². The standard InChI is InChI=1S/C13H12O/c1-8-5-6-9-3-2-4-10-12(14)7-11(8)13(9)10/h2-6,12,14H,7H2,1H3. The Hall–Kier alpha value is -1.34. The van der Waals surface area contributed by atoms with Crippen molar-refractivity contribution in [2.75, 3.05) is 0 Å². The molecule has 1 heteroatoms. The topological polar surface area (TPSA) is 20.2 Å². The Kier molecular flexibility index (Phi) is 1.48. The Morgan fingerprint density at radius 3 is 2.93 bits per heavy atom. The molecule has 0 aromatic heterocycles. The summed E-state index contributed by atoms with van der Waals surface area (Å²) in [7, 11) is 0. The first-order chi connectivity index (χ1) is 6.77. The van der Waals surface area contributed by atoms with Crippen molar-refractivity contribution in [2.45, 2.75) is 19.4 Å². The molecule has 0 heterocycles. The number of rotatable bonds is 0. The first kappa shape index (κ1) is 8.01. The lowest BCUT2D eigenvalue weighted by Gasteiger charge is -2.03. The Labute approximate surface area is 83.0 Å². The summed E-state index contributed by atoms with van der Waals surface area (Å²) < 4.78 is 0. The highest BCUT2D eigenvalue weighted by atomic mass is 16.3. The molecule has 1 unspecified atom stereocenters. The third-order valence-electron chi connectivity index (χ3n) is 3.18. The summed E-state index contributed by atoms with van der Waals surface area (Å²) in [4.78, 5) is 0. The minimum absolute atomic E-state index is 0.296. The highest BCUT2D eigenvalue weighted by molar-refractivity contribution is 5.92. The van der Waals surface area contributed by atoms with E-state index in [0.29, 0.717) is 0 Å². The number of hydrogen-bond acceptors (Lipinski definition) is 1. The highest BCUT2D eigenvalue weighted by Gasteiger charge is 2.23. The largest absolute Gasteiger partial charge is 0.388 e. The summed E-state index contributed by atoms with van der Waals surface area (Å²) in [6, 6.07) is 10.4. The van der Waals surface area contributed by atoms with Crippen molar-refractivity contribution in [2.24, 2.45) is 0 Å². The van der Waals surface area contributed by atoms with E-state index < -0.39 is 0 Å². The molecule has 14 heavy (non-hydrogen) atoms. The van der Waals surface area contributed by atoms with E-state index in [9.17, 15) is 5.11 Å². The molecule has 0 saturated heterocycles. The normalized spacial score (nSPS) is 19.1. The molecule has 3 rings (SSSR count). The van der Waals surface area contributed by atoms with Crippen molar-refractivity contribution in [3.63, 3.8) is 0 Å². The zero-order chi connectivity index (χ0) is 9.71. The summed E-state index contributed by atoms with van der Waals surface area (Å²) in [5, 5.41) is 12.4. The molecular weight excluding hydrogens is 172 g/mol. The molecular formula is C13H12O. The van der Waals surface area contributed by atoms with Gasteiger partial charge in [-0.05, 0) is 34.4 Å². The number of benzene rings is 2. The monoisotopic (exact) mass is 184 g/mol. The fourth-order valence-corrected chi connectivity index (χ4v) is 2.43. The number of aliphatic hydroxyl groups excluding tert-OH is 1. The summed E-state index contributed by atoms with van der Waals surface area (Å²) in [5.74, 6) is 0. The first-order valence-corrected chi connectivity index (χ1v) is 4.96. The van der Waals surface area contributed by atoms with Gasteiger partial charge in [-0.25, -0.2) is 0 Å². The lowest BCUT2D eigenvalue weighted by atomic mass is 10.0. The minimum atomic E-state index is -0.296. The fraction of sp³-hybridized carbons (Fsp3) is 0.231. The van der Waals surface area contributed by atoms with Crippen molar-refractivity contribution >= 4 is 10.8 Å². The van der Waals surface area contributed by atoms with Crippen LogP contribution in [0.4, 0.5) is 0 Å². The van der Waals surface area contributed by atoms with Gasteiger partial charge in [-0.2, -0.15) is 0 Å². The smallest absolute Gasteiger partial charge is 0.0836 e. The molecule has 0 radical (unpaired) electrons. The van der Waals surface area contributed by atoms with E-state index in [1.54, 1.807) is 0 Å². The predicted molar refractivity (Wildman–Crippen MR) is 57.3 cm³/mol. The van der Waals surface area contributed by atoms with E-state index in [-0.39, 0.29) is 6.10 Å². The Morgan fingerprint density at radius 2 is 2.07 bits per heavy atom. The van der Waals surface area contributed by atoms with Crippen LogP contribution in [0.2, 0.25) is 0 Å². The molecule has 0 bridgehead atoms. The predicted octanol–water partition coefficient (Wildman–Crippen LogP) is 2.74. The van der Waals surface area contributed by atoms with Crippen molar-refractivity contribution in [3.05, 3.63) is 47.0 Å². The van der Waals surface area contributed by atoms with Crippen LogP contribution in [0.15, 0.2) is 30.3 Å². The lowest BCUT2D eigenvalue weighted by molar-refractivity contribution is 0.185. The Balaban J connectivity index is 2.51. The van der Waals surface area contributed by atoms with Gasteiger partial charge in [0.1, 0.15) is 0 Å². The maximum absolute atomic E-state index is 9.89. The van der Waals surface area contributed by atoms with Crippen LogP contribution in [0, 0.1) is 6.92 Å².